The van der Waals surface area contributed by atoms with E-state index < -0.39 is 0 Å². The van der Waals surface area contributed by atoms with Crippen molar-refractivity contribution in [1.29, 1.82) is 0 Å². The summed E-state index contributed by atoms with van der Waals surface area (Å²) in [6, 6.07) is 15.9. The molecule has 8 nitrogen and oxygen atoms in total. The highest BCUT2D eigenvalue weighted by Crippen LogP contribution is 2.34. The highest BCUT2D eigenvalue weighted by atomic mass is 32.2. The van der Waals surface area contributed by atoms with Crippen LogP contribution in [0.3, 0.4) is 0 Å². The fraction of sp³-hybridized carbons (Fsp3) is 0.259. The topological polar surface area (TPSA) is 84.1 Å². The third kappa shape index (κ3) is 3.71. The van der Waals surface area contributed by atoms with Crippen LogP contribution >= 0.6 is 11.8 Å². The smallest absolute Gasteiger partial charge is 0.211 e. The van der Waals surface area contributed by atoms with Crippen molar-refractivity contribution in [3.63, 3.8) is 0 Å². The van der Waals surface area contributed by atoms with E-state index in [2.05, 4.69) is 32.3 Å². The van der Waals surface area contributed by atoms with Crippen LogP contribution in [0, 0.1) is 13.8 Å². The molecule has 6 rings (SSSR count). The van der Waals surface area contributed by atoms with Gasteiger partial charge < -0.3 is 18.6 Å². The van der Waals surface area contributed by atoms with Gasteiger partial charge in [0.15, 0.2) is 22.9 Å². The molecule has 9 heteroatoms. The summed E-state index contributed by atoms with van der Waals surface area (Å²) in [7, 11) is 0. The SMILES string of the molecule is CCn1c2ccccc2c2nnc(SCC(=O)c3cc(C)n(-c4ccc5c(c4)OCCO5)c3C)nc21. The number of hydrogen-bond acceptors (Lipinski definition) is 7. The lowest BCUT2D eigenvalue weighted by atomic mass is 10.2. The minimum Gasteiger partial charge on any atom is -0.486 e. The van der Waals surface area contributed by atoms with Crippen LogP contribution in [-0.4, -0.2) is 49.1 Å². The highest BCUT2D eigenvalue weighted by Gasteiger charge is 2.20. The maximum atomic E-state index is 13.2. The number of nitrogens with zero attached hydrogens (tertiary/aromatic N) is 5. The van der Waals surface area contributed by atoms with E-state index in [4.69, 9.17) is 14.5 Å². The van der Waals surface area contributed by atoms with Crippen LogP contribution in [0.15, 0.2) is 53.7 Å². The van der Waals surface area contributed by atoms with Crippen molar-refractivity contribution in [1.82, 2.24) is 24.3 Å². The molecule has 0 saturated heterocycles. The molecule has 182 valence electrons. The summed E-state index contributed by atoms with van der Waals surface area (Å²) in [6.45, 7) is 7.91. The van der Waals surface area contributed by atoms with E-state index in [-0.39, 0.29) is 11.5 Å². The van der Waals surface area contributed by atoms with Gasteiger partial charge in [-0.25, -0.2) is 4.98 Å². The van der Waals surface area contributed by atoms with E-state index in [1.807, 2.05) is 56.3 Å². The number of para-hydroxylation sites is 1. The highest BCUT2D eigenvalue weighted by molar-refractivity contribution is 7.99. The van der Waals surface area contributed by atoms with Crippen molar-refractivity contribution in [3.05, 3.63) is 65.5 Å². The Balaban J connectivity index is 1.26. The molecule has 0 aliphatic carbocycles. The number of benzene rings is 2. The first-order valence-corrected chi connectivity index (χ1v) is 12.9. The number of hydrogen-bond donors (Lipinski definition) is 0. The number of thioether (sulfide) groups is 1. The molecule has 4 heterocycles. The van der Waals surface area contributed by atoms with Crippen molar-refractivity contribution in [2.75, 3.05) is 19.0 Å². The van der Waals surface area contributed by atoms with Crippen LogP contribution in [0.4, 0.5) is 0 Å². The fourth-order valence-corrected chi connectivity index (χ4v) is 5.56. The van der Waals surface area contributed by atoms with Gasteiger partial charge in [-0.1, -0.05) is 30.0 Å². The van der Waals surface area contributed by atoms with E-state index in [0.717, 1.165) is 57.2 Å². The zero-order chi connectivity index (χ0) is 24.8. The number of ketones is 1. The number of aryl methyl sites for hydroxylation is 2. The number of fused-ring (bicyclic) bond motifs is 4. The monoisotopic (exact) mass is 499 g/mol. The summed E-state index contributed by atoms with van der Waals surface area (Å²) in [5.41, 5.74) is 6.14. The van der Waals surface area contributed by atoms with Gasteiger partial charge in [0.05, 0.1) is 11.3 Å². The van der Waals surface area contributed by atoms with Gasteiger partial charge in [-0.3, -0.25) is 4.79 Å². The summed E-state index contributed by atoms with van der Waals surface area (Å²) in [6.07, 6.45) is 0. The molecule has 2 aromatic carbocycles. The quantitative estimate of drug-likeness (QED) is 0.236. The maximum absolute atomic E-state index is 13.2. The predicted octanol–water partition coefficient (Wildman–Crippen LogP) is 5.15. The molecule has 3 aromatic heterocycles. The Hall–Kier alpha value is -3.85. The predicted molar refractivity (Wildman–Crippen MR) is 140 cm³/mol. The van der Waals surface area contributed by atoms with Gasteiger partial charge in [-0.15, -0.1) is 10.2 Å². The van der Waals surface area contributed by atoms with Crippen molar-refractivity contribution in [2.45, 2.75) is 32.5 Å². The molecule has 0 amide bonds. The summed E-state index contributed by atoms with van der Waals surface area (Å²) in [5, 5.41) is 10.3. The number of aromatic nitrogens is 5. The second-order valence-corrected chi connectivity index (χ2v) is 9.63. The molecule has 0 fully saturated rings. The first-order valence-electron chi connectivity index (χ1n) is 11.9. The van der Waals surface area contributed by atoms with Gasteiger partial charge >= 0.3 is 0 Å². The first kappa shape index (κ1) is 22.6. The summed E-state index contributed by atoms with van der Waals surface area (Å²) in [4.78, 5) is 18.0. The third-order valence-electron chi connectivity index (χ3n) is 6.52. The Labute approximate surface area is 212 Å². The van der Waals surface area contributed by atoms with Crippen molar-refractivity contribution in [2.24, 2.45) is 0 Å². The number of ether oxygens (including phenoxy) is 2. The molecule has 0 atom stereocenters. The van der Waals surface area contributed by atoms with Crippen LogP contribution in [-0.2, 0) is 6.54 Å². The van der Waals surface area contributed by atoms with Crippen LogP contribution in [0.2, 0.25) is 0 Å². The van der Waals surface area contributed by atoms with Gasteiger partial charge in [0.25, 0.3) is 0 Å². The largest absolute Gasteiger partial charge is 0.486 e. The summed E-state index contributed by atoms with van der Waals surface area (Å²) in [5.74, 6) is 1.72. The van der Waals surface area contributed by atoms with Crippen LogP contribution in [0.5, 0.6) is 11.5 Å². The van der Waals surface area contributed by atoms with Gasteiger partial charge in [-0.05, 0) is 45.0 Å². The Kier molecular flexibility index (Phi) is 5.64. The molecule has 1 aliphatic heterocycles. The number of carbonyl (C=O) groups is 1. The molecule has 0 N–H and O–H groups in total. The molecule has 0 unspecified atom stereocenters. The van der Waals surface area contributed by atoms with Crippen molar-refractivity contribution >= 4 is 39.6 Å². The standard InChI is InChI=1S/C27H25N5O3S/c1-4-31-21-8-6-5-7-19(21)25-26(31)28-27(30-29-25)36-15-22(33)20-13-16(2)32(17(20)3)18-9-10-23-24(14-18)35-12-11-34-23/h5-10,13-14H,4,11-12,15H2,1-3H3. The van der Waals surface area contributed by atoms with Gasteiger partial charge in [0.1, 0.15) is 18.7 Å². The van der Waals surface area contributed by atoms with Crippen molar-refractivity contribution < 1.29 is 14.3 Å². The second kappa shape index (κ2) is 8.98. The molecular formula is C27H25N5O3S. The Morgan fingerprint density at radius 2 is 1.83 bits per heavy atom. The minimum absolute atomic E-state index is 0.0247. The lowest BCUT2D eigenvalue weighted by Crippen LogP contribution is -2.15. The average Bonchev–Trinajstić information content (AvgIpc) is 3.39. The minimum atomic E-state index is 0.0247. The van der Waals surface area contributed by atoms with Crippen LogP contribution < -0.4 is 9.47 Å². The second-order valence-electron chi connectivity index (χ2n) is 8.69. The Morgan fingerprint density at radius 3 is 2.67 bits per heavy atom. The van der Waals surface area contributed by atoms with E-state index in [9.17, 15) is 4.79 Å². The van der Waals surface area contributed by atoms with E-state index in [0.29, 0.717) is 23.9 Å². The van der Waals surface area contributed by atoms with E-state index >= 15 is 0 Å². The summed E-state index contributed by atoms with van der Waals surface area (Å²) >= 11 is 1.31. The molecular weight excluding hydrogens is 474 g/mol. The lowest BCUT2D eigenvalue weighted by Gasteiger charge is -2.20. The van der Waals surface area contributed by atoms with Gasteiger partial charge in [0, 0.05) is 40.6 Å². The molecule has 5 aromatic rings. The number of carbonyl (C=O) groups excluding carboxylic acids is 1. The molecule has 1 aliphatic rings. The normalized spacial score (nSPS) is 13.0. The lowest BCUT2D eigenvalue weighted by molar-refractivity contribution is 0.102. The summed E-state index contributed by atoms with van der Waals surface area (Å²) < 4.78 is 15.6. The number of Topliss-reactive ketones (excluding diaryl/α,β-unsaturated/α-hetero) is 1. The molecule has 0 radical (unpaired) electrons. The first-order chi connectivity index (χ1) is 17.5. The maximum Gasteiger partial charge on any atom is 0.211 e. The Bertz CT molecular complexity index is 1640. The molecule has 0 bridgehead atoms. The third-order valence-corrected chi connectivity index (χ3v) is 7.36. The zero-order valence-electron chi connectivity index (χ0n) is 20.3. The Morgan fingerprint density at radius 1 is 1.03 bits per heavy atom. The van der Waals surface area contributed by atoms with E-state index in [1.54, 1.807) is 0 Å². The van der Waals surface area contributed by atoms with Gasteiger partial charge in [-0.2, -0.15) is 0 Å². The fourth-order valence-electron chi connectivity index (χ4n) is 4.89. The van der Waals surface area contributed by atoms with E-state index in [1.165, 1.54) is 11.8 Å². The molecule has 0 saturated carbocycles. The average molecular weight is 500 g/mol. The van der Waals surface area contributed by atoms with Gasteiger partial charge in [0.2, 0.25) is 5.16 Å². The zero-order valence-corrected chi connectivity index (χ0v) is 21.1. The molecule has 36 heavy (non-hydrogen) atoms. The number of rotatable bonds is 6. The molecule has 0 spiro atoms. The van der Waals surface area contributed by atoms with Crippen molar-refractivity contribution in [3.8, 4) is 17.2 Å². The van der Waals surface area contributed by atoms with Crippen LogP contribution in [0.1, 0.15) is 28.7 Å². The van der Waals surface area contributed by atoms with Crippen LogP contribution in [0.25, 0.3) is 27.8 Å².